The van der Waals surface area contributed by atoms with Crippen molar-refractivity contribution in [3.05, 3.63) is 47.0 Å². The Morgan fingerprint density at radius 1 is 1.06 bits per heavy atom. The minimum Gasteiger partial charge on any atom is -0.494 e. The summed E-state index contributed by atoms with van der Waals surface area (Å²) < 4.78 is 10.9. The number of anilines is 1. The molecule has 0 radical (unpaired) electrons. The molecule has 0 aliphatic rings. The molecule has 0 aliphatic heterocycles. The Morgan fingerprint density at radius 2 is 1.83 bits per heavy atom. The molecule has 0 fully saturated rings. The van der Waals surface area contributed by atoms with E-state index in [0.29, 0.717) is 28.0 Å². The molecule has 4 heteroatoms. The Hall–Kier alpha value is -1.87. The number of ether oxygens (including phenoxy) is 2. The van der Waals surface area contributed by atoms with Crippen LogP contribution in [0.3, 0.4) is 0 Å². The van der Waals surface area contributed by atoms with Crippen molar-refractivity contribution in [2.24, 2.45) is 0 Å². The number of halogens is 1. The van der Waals surface area contributed by atoms with Crippen molar-refractivity contribution in [3.63, 3.8) is 0 Å². The number of nitrogens with two attached hydrogens (primary N) is 1. The second-order valence-corrected chi connectivity index (χ2v) is 4.35. The summed E-state index contributed by atoms with van der Waals surface area (Å²) in [6.07, 6.45) is 0. The summed E-state index contributed by atoms with van der Waals surface area (Å²) in [6.45, 7) is 1.98. The highest BCUT2D eigenvalue weighted by molar-refractivity contribution is 6.32. The summed E-state index contributed by atoms with van der Waals surface area (Å²) in [6, 6.07) is 10.9. The van der Waals surface area contributed by atoms with Gasteiger partial charge in [-0.25, -0.2) is 0 Å². The van der Waals surface area contributed by atoms with E-state index >= 15 is 0 Å². The predicted molar refractivity (Wildman–Crippen MR) is 73.7 cm³/mol. The van der Waals surface area contributed by atoms with Crippen LogP contribution in [0, 0.1) is 6.92 Å². The normalized spacial score (nSPS) is 10.2. The van der Waals surface area contributed by atoms with Crippen LogP contribution in [-0.4, -0.2) is 7.11 Å². The molecule has 0 spiro atoms. The number of nitrogen functional groups attached to an aromatic ring is 1. The number of methoxy groups -OCH3 is 1. The third kappa shape index (κ3) is 2.68. The fourth-order valence-corrected chi connectivity index (χ4v) is 1.73. The molecule has 0 bridgehead atoms. The summed E-state index contributed by atoms with van der Waals surface area (Å²) in [5, 5.41) is 0.566. The minimum absolute atomic E-state index is 0.566. The summed E-state index contributed by atoms with van der Waals surface area (Å²) in [5.74, 6) is 1.83. The Morgan fingerprint density at radius 3 is 2.56 bits per heavy atom. The number of hydrogen-bond donors (Lipinski definition) is 1. The Balaban J connectivity index is 2.31. The van der Waals surface area contributed by atoms with Crippen LogP contribution in [0.15, 0.2) is 36.4 Å². The zero-order valence-corrected chi connectivity index (χ0v) is 11.0. The Labute approximate surface area is 111 Å². The molecule has 2 rings (SSSR count). The zero-order valence-electron chi connectivity index (χ0n) is 10.2. The third-order valence-corrected chi connectivity index (χ3v) is 2.83. The maximum absolute atomic E-state index is 6.07. The molecule has 0 aliphatic carbocycles. The van der Waals surface area contributed by atoms with Crippen molar-refractivity contribution in [1.29, 1.82) is 0 Å². The molecule has 3 nitrogen and oxygen atoms in total. The first-order valence-electron chi connectivity index (χ1n) is 5.47. The van der Waals surface area contributed by atoms with Gasteiger partial charge in [0.05, 0.1) is 17.8 Å². The molecule has 0 heterocycles. The van der Waals surface area contributed by atoms with E-state index in [1.807, 2.05) is 19.1 Å². The fourth-order valence-electron chi connectivity index (χ4n) is 1.57. The summed E-state index contributed by atoms with van der Waals surface area (Å²) in [7, 11) is 1.56. The number of benzene rings is 2. The van der Waals surface area contributed by atoms with Crippen LogP contribution in [0.1, 0.15) is 5.56 Å². The van der Waals surface area contributed by atoms with Gasteiger partial charge in [0.15, 0.2) is 0 Å². The molecule has 0 saturated carbocycles. The van der Waals surface area contributed by atoms with Gasteiger partial charge < -0.3 is 15.2 Å². The van der Waals surface area contributed by atoms with Crippen molar-refractivity contribution < 1.29 is 9.47 Å². The molecule has 0 aromatic heterocycles. The molecule has 2 N–H and O–H groups in total. The predicted octanol–water partition coefficient (Wildman–Crippen LogP) is 4.03. The molecule has 2 aromatic rings. The van der Waals surface area contributed by atoms with Crippen LogP contribution in [0.4, 0.5) is 5.69 Å². The highest BCUT2D eigenvalue weighted by atomic mass is 35.5. The first-order valence-corrected chi connectivity index (χ1v) is 5.85. The van der Waals surface area contributed by atoms with Crippen molar-refractivity contribution >= 4 is 17.3 Å². The molecule has 0 amide bonds. The zero-order chi connectivity index (χ0) is 13.1. The fraction of sp³-hybridized carbons (Fsp3) is 0.143. The van der Waals surface area contributed by atoms with E-state index in [9.17, 15) is 0 Å². The number of aryl methyl sites for hydroxylation is 1. The van der Waals surface area contributed by atoms with Crippen LogP contribution in [-0.2, 0) is 0 Å². The first kappa shape index (κ1) is 12.6. The molecular formula is C14H14ClNO2. The van der Waals surface area contributed by atoms with E-state index < -0.39 is 0 Å². The lowest BCUT2D eigenvalue weighted by molar-refractivity contribution is 0.411. The minimum atomic E-state index is 0.566. The summed E-state index contributed by atoms with van der Waals surface area (Å²) in [5.41, 5.74) is 7.39. The summed E-state index contributed by atoms with van der Waals surface area (Å²) >= 11 is 6.07. The standard InChI is InChI=1S/C14H14ClNO2/c1-9-3-5-11(15)13(7-9)18-10-4-6-12(16)14(8-10)17-2/h3-8H,16H2,1-2H3. The first-order chi connectivity index (χ1) is 8.60. The Kier molecular flexibility index (Phi) is 3.63. The third-order valence-electron chi connectivity index (χ3n) is 2.52. The van der Waals surface area contributed by atoms with Gasteiger partial charge in [-0.15, -0.1) is 0 Å². The van der Waals surface area contributed by atoms with E-state index in [1.165, 1.54) is 0 Å². The van der Waals surface area contributed by atoms with Gasteiger partial charge in [-0.05, 0) is 36.8 Å². The topological polar surface area (TPSA) is 44.5 Å². The lowest BCUT2D eigenvalue weighted by Gasteiger charge is -2.10. The molecule has 0 saturated heterocycles. The lowest BCUT2D eigenvalue weighted by Crippen LogP contribution is -1.93. The average molecular weight is 264 g/mol. The van der Waals surface area contributed by atoms with Crippen molar-refractivity contribution in [2.75, 3.05) is 12.8 Å². The maximum Gasteiger partial charge on any atom is 0.146 e. The van der Waals surface area contributed by atoms with Crippen molar-refractivity contribution in [3.8, 4) is 17.2 Å². The quantitative estimate of drug-likeness (QED) is 0.851. The van der Waals surface area contributed by atoms with Crippen LogP contribution in [0.2, 0.25) is 5.02 Å². The smallest absolute Gasteiger partial charge is 0.146 e. The molecule has 94 valence electrons. The van der Waals surface area contributed by atoms with E-state index in [-0.39, 0.29) is 0 Å². The van der Waals surface area contributed by atoms with Crippen LogP contribution in [0.25, 0.3) is 0 Å². The molecular weight excluding hydrogens is 250 g/mol. The maximum atomic E-state index is 6.07. The van der Waals surface area contributed by atoms with Gasteiger partial charge in [-0.1, -0.05) is 17.7 Å². The molecule has 2 aromatic carbocycles. The lowest BCUT2D eigenvalue weighted by atomic mass is 10.2. The van der Waals surface area contributed by atoms with Crippen LogP contribution in [0.5, 0.6) is 17.2 Å². The van der Waals surface area contributed by atoms with Gasteiger partial charge in [-0.3, -0.25) is 0 Å². The summed E-state index contributed by atoms with van der Waals surface area (Å²) in [4.78, 5) is 0. The van der Waals surface area contributed by atoms with E-state index in [4.69, 9.17) is 26.8 Å². The van der Waals surface area contributed by atoms with E-state index in [2.05, 4.69) is 0 Å². The average Bonchev–Trinajstić information content (AvgIpc) is 2.36. The van der Waals surface area contributed by atoms with Gasteiger partial charge in [0.25, 0.3) is 0 Å². The van der Waals surface area contributed by atoms with Gasteiger partial charge in [0.2, 0.25) is 0 Å². The molecule has 0 unspecified atom stereocenters. The van der Waals surface area contributed by atoms with Gasteiger partial charge in [-0.2, -0.15) is 0 Å². The second kappa shape index (κ2) is 5.19. The number of rotatable bonds is 3. The van der Waals surface area contributed by atoms with E-state index in [0.717, 1.165) is 5.56 Å². The highest BCUT2D eigenvalue weighted by Crippen LogP contribution is 2.33. The molecule has 18 heavy (non-hydrogen) atoms. The molecule has 0 atom stereocenters. The number of hydrogen-bond acceptors (Lipinski definition) is 3. The SMILES string of the molecule is COc1cc(Oc2cc(C)ccc2Cl)ccc1N. The van der Waals surface area contributed by atoms with Gasteiger partial charge >= 0.3 is 0 Å². The van der Waals surface area contributed by atoms with E-state index in [1.54, 1.807) is 31.4 Å². The van der Waals surface area contributed by atoms with Crippen molar-refractivity contribution in [1.82, 2.24) is 0 Å². The second-order valence-electron chi connectivity index (χ2n) is 3.94. The van der Waals surface area contributed by atoms with Gasteiger partial charge in [0.1, 0.15) is 17.2 Å². The van der Waals surface area contributed by atoms with Crippen molar-refractivity contribution in [2.45, 2.75) is 6.92 Å². The largest absolute Gasteiger partial charge is 0.494 e. The van der Waals surface area contributed by atoms with Crippen LogP contribution < -0.4 is 15.2 Å². The highest BCUT2D eigenvalue weighted by Gasteiger charge is 2.06. The van der Waals surface area contributed by atoms with Crippen LogP contribution >= 0.6 is 11.6 Å². The Bertz CT molecular complexity index is 570. The monoisotopic (exact) mass is 263 g/mol. The van der Waals surface area contributed by atoms with Gasteiger partial charge in [0, 0.05) is 6.07 Å².